The van der Waals surface area contributed by atoms with E-state index in [0.717, 1.165) is 17.0 Å². The molecule has 22 heavy (non-hydrogen) atoms. The van der Waals surface area contributed by atoms with E-state index in [4.69, 9.17) is 11.6 Å². The number of hydrogen-bond donors (Lipinski definition) is 1. The lowest BCUT2D eigenvalue weighted by Crippen LogP contribution is -2.14. The van der Waals surface area contributed by atoms with E-state index in [2.05, 4.69) is 5.32 Å². The molecule has 0 bridgehead atoms. The van der Waals surface area contributed by atoms with Gasteiger partial charge < -0.3 is 5.32 Å². The van der Waals surface area contributed by atoms with Gasteiger partial charge in [-0.05, 0) is 36.4 Å². The number of thioether (sulfide) groups is 1. The fourth-order valence-electron chi connectivity index (χ4n) is 1.61. The lowest BCUT2D eigenvalue weighted by Gasteiger charge is -2.05. The molecule has 114 valence electrons. The van der Waals surface area contributed by atoms with E-state index in [1.807, 2.05) is 0 Å². The summed E-state index contributed by atoms with van der Waals surface area (Å²) >= 11 is 7.05. The quantitative estimate of drug-likeness (QED) is 0.505. The third-order valence-corrected chi connectivity index (χ3v) is 3.87. The molecular formula is C14H10ClFN2O3S. The molecule has 2 aromatic rings. The maximum atomic E-state index is 13.2. The highest BCUT2D eigenvalue weighted by Gasteiger charge is 2.15. The van der Waals surface area contributed by atoms with Gasteiger partial charge in [0.1, 0.15) is 0 Å². The van der Waals surface area contributed by atoms with Crippen molar-refractivity contribution in [1.82, 2.24) is 0 Å². The number of hydrogen-bond acceptors (Lipinski definition) is 4. The standard InChI is InChI=1S/C14H10ClFN2O3S/c15-9-1-4-11(5-2-9)22-8-14(19)17-10-3-6-12(16)13(7-10)18(20)21/h1-7H,8H2,(H,17,19). The van der Waals surface area contributed by atoms with Crippen molar-refractivity contribution in [3.05, 3.63) is 63.4 Å². The van der Waals surface area contributed by atoms with Crippen LogP contribution in [-0.2, 0) is 4.79 Å². The lowest BCUT2D eigenvalue weighted by atomic mass is 10.2. The van der Waals surface area contributed by atoms with Gasteiger partial charge in [0, 0.05) is 21.7 Å². The average Bonchev–Trinajstić information content (AvgIpc) is 2.48. The number of carbonyl (C=O) groups is 1. The Morgan fingerprint density at radius 1 is 1.27 bits per heavy atom. The van der Waals surface area contributed by atoms with Crippen LogP contribution in [0.1, 0.15) is 0 Å². The zero-order valence-corrected chi connectivity index (χ0v) is 12.7. The first-order valence-corrected chi connectivity index (χ1v) is 7.44. The number of nitrogens with one attached hydrogen (secondary N) is 1. The Kier molecular flexibility index (Phi) is 5.35. The van der Waals surface area contributed by atoms with Crippen LogP contribution in [-0.4, -0.2) is 16.6 Å². The number of nitro benzene ring substituents is 1. The molecular weight excluding hydrogens is 331 g/mol. The molecule has 0 heterocycles. The van der Waals surface area contributed by atoms with Gasteiger partial charge in [-0.3, -0.25) is 14.9 Å². The van der Waals surface area contributed by atoms with E-state index in [0.29, 0.717) is 5.02 Å². The molecule has 1 N–H and O–H groups in total. The number of nitrogens with zero attached hydrogens (tertiary/aromatic N) is 1. The Labute approximate surface area is 134 Å². The van der Waals surface area contributed by atoms with Gasteiger partial charge in [0.25, 0.3) is 0 Å². The zero-order chi connectivity index (χ0) is 16.1. The van der Waals surface area contributed by atoms with Crippen molar-refractivity contribution in [2.24, 2.45) is 0 Å². The van der Waals surface area contributed by atoms with Crippen molar-refractivity contribution < 1.29 is 14.1 Å². The summed E-state index contributed by atoms with van der Waals surface area (Å²) < 4.78 is 13.2. The molecule has 0 unspecified atom stereocenters. The molecule has 1 amide bonds. The minimum atomic E-state index is -0.946. The zero-order valence-electron chi connectivity index (χ0n) is 11.1. The molecule has 8 heteroatoms. The Bertz CT molecular complexity index is 710. The maximum absolute atomic E-state index is 13.2. The first-order valence-electron chi connectivity index (χ1n) is 6.08. The number of benzene rings is 2. The minimum Gasteiger partial charge on any atom is -0.325 e. The van der Waals surface area contributed by atoms with E-state index in [1.165, 1.54) is 17.8 Å². The SMILES string of the molecule is O=C(CSc1ccc(Cl)cc1)Nc1ccc(F)c([N+](=O)[O-])c1. The van der Waals surface area contributed by atoms with Gasteiger partial charge in [-0.2, -0.15) is 4.39 Å². The monoisotopic (exact) mass is 340 g/mol. The van der Waals surface area contributed by atoms with Crippen molar-refractivity contribution in [3.63, 3.8) is 0 Å². The molecule has 2 rings (SSSR count). The topological polar surface area (TPSA) is 72.2 Å². The van der Waals surface area contributed by atoms with Crippen LogP contribution >= 0.6 is 23.4 Å². The molecule has 0 spiro atoms. The number of carbonyl (C=O) groups excluding carboxylic acids is 1. The summed E-state index contributed by atoms with van der Waals surface area (Å²) in [7, 11) is 0. The first-order chi connectivity index (χ1) is 10.5. The van der Waals surface area contributed by atoms with Crippen LogP contribution < -0.4 is 5.32 Å². The highest BCUT2D eigenvalue weighted by atomic mass is 35.5. The van der Waals surface area contributed by atoms with E-state index < -0.39 is 16.4 Å². The summed E-state index contributed by atoms with van der Waals surface area (Å²) in [5, 5.41) is 13.7. The molecule has 5 nitrogen and oxygen atoms in total. The number of rotatable bonds is 5. The molecule has 0 radical (unpaired) electrons. The van der Waals surface area contributed by atoms with Gasteiger partial charge in [0.15, 0.2) is 0 Å². The smallest absolute Gasteiger partial charge is 0.306 e. The Balaban J connectivity index is 1.96. The highest BCUT2D eigenvalue weighted by Crippen LogP contribution is 2.23. The number of amides is 1. The van der Waals surface area contributed by atoms with Gasteiger partial charge in [-0.25, -0.2) is 0 Å². The van der Waals surface area contributed by atoms with Crippen LogP contribution in [0.5, 0.6) is 0 Å². The molecule has 0 saturated carbocycles. The van der Waals surface area contributed by atoms with E-state index in [9.17, 15) is 19.3 Å². The average molecular weight is 341 g/mol. The highest BCUT2D eigenvalue weighted by molar-refractivity contribution is 8.00. The molecule has 0 aliphatic heterocycles. The predicted octanol–water partition coefficient (Wildman–Crippen LogP) is 4.12. The summed E-state index contributed by atoms with van der Waals surface area (Å²) in [6.07, 6.45) is 0. The summed E-state index contributed by atoms with van der Waals surface area (Å²) in [4.78, 5) is 22.5. The fraction of sp³-hybridized carbons (Fsp3) is 0.0714. The van der Waals surface area contributed by atoms with Gasteiger partial charge in [-0.1, -0.05) is 11.6 Å². The number of anilines is 1. The predicted molar refractivity (Wildman–Crippen MR) is 83.9 cm³/mol. The minimum absolute atomic E-state index is 0.118. The maximum Gasteiger partial charge on any atom is 0.306 e. The largest absolute Gasteiger partial charge is 0.325 e. The molecule has 0 fully saturated rings. The van der Waals surface area contributed by atoms with Crippen LogP contribution in [0, 0.1) is 15.9 Å². The summed E-state index contributed by atoms with van der Waals surface area (Å²) in [6, 6.07) is 10.2. The van der Waals surface area contributed by atoms with Gasteiger partial charge >= 0.3 is 5.69 Å². The van der Waals surface area contributed by atoms with Crippen molar-refractivity contribution >= 4 is 40.6 Å². The Morgan fingerprint density at radius 3 is 2.59 bits per heavy atom. The summed E-state index contributed by atoms with van der Waals surface area (Å²) in [6.45, 7) is 0. The third-order valence-electron chi connectivity index (χ3n) is 2.61. The van der Waals surface area contributed by atoms with Crippen LogP contribution in [0.4, 0.5) is 15.8 Å². The fourth-order valence-corrected chi connectivity index (χ4v) is 2.43. The molecule has 0 aliphatic carbocycles. The second-order valence-corrected chi connectivity index (χ2v) is 5.70. The third kappa shape index (κ3) is 4.44. The van der Waals surface area contributed by atoms with Crippen molar-refractivity contribution in [2.45, 2.75) is 4.90 Å². The van der Waals surface area contributed by atoms with Gasteiger partial charge in [0.2, 0.25) is 11.7 Å². The number of halogens is 2. The van der Waals surface area contributed by atoms with Crippen LogP contribution in [0.25, 0.3) is 0 Å². The van der Waals surface area contributed by atoms with E-state index >= 15 is 0 Å². The summed E-state index contributed by atoms with van der Waals surface area (Å²) in [5.41, 5.74) is -0.502. The molecule has 0 aromatic heterocycles. The van der Waals surface area contributed by atoms with E-state index in [1.54, 1.807) is 24.3 Å². The first kappa shape index (κ1) is 16.3. The molecule has 0 atom stereocenters. The Hall–Kier alpha value is -2.12. The Morgan fingerprint density at radius 2 is 1.95 bits per heavy atom. The molecule has 2 aromatic carbocycles. The molecule has 0 aliphatic rings. The molecule has 0 saturated heterocycles. The summed E-state index contributed by atoms with van der Waals surface area (Å²) in [5.74, 6) is -1.17. The van der Waals surface area contributed by atoms with Crippen molar-refractivity contribution in [1.29, 1.82) is 0 Å². The normalized spacial score (nSPS) is 10.3. The van der Waals surface area contributed by atoms with Crippen LogP contribution in [0.2, 0.25) is 5.02 Å². The van der Waals surface area contributed by atoms with E-state index in [-0.39, 0.29) is 17.3 Å². The van der Waals surface area contributed by atoms with Gasteiger partial charge in [-0.15, -0.1) is 11.8 Å². The van der Waals surface area contributed by atoms with Crippen LogP contribution in [0.3, 0.4) is 0 Å². The van der Waals surface area contributed by atoms with Crippen LogP contribution in [0.15, 0.2) is 47.4 Å². The lowest BCUT2D eigenvalue weighted by molar-refractivity contribution is -0.387. The van der Waals surface area contributed by atoms with Crippen molar-refractivity contribution in [3.8, 4) is 0 Å². The second-order valence-electron chi connectivity index (χ2n) is 4.21. The second kappa shape index (κ2) is 7.24. The number of nitro groups is 1. The van der Waals surface area contributed by atoms with Crippen molar-refractivity contribution in [2.75, 3.05) is 11.1 Å². The van der Waals surface area contributed by atoms with Gasteiger partial charge in [0.05, 0.1) is 10.7 Å².